The van der Waals surface area contributed by atoms with Gasteiger partial charge in [0.15, 0.2) is 5.16 Å². The zero-order valence-electron chi connectivity index (χ0n) is 13.1. The molecule has 1 atom stereocenters. The van der Waals surface area contributed by atoms with Crippen LogP contribution in [0.15, 0.2) is 17.6 Å². The van der Waals surface area contributed by atoms with Crippen LogP contribution in [-0.4, -0.2) is 21.2 Å². The van der Waals surface area contributed by atoms with E-state index in [1.165, 1.54) is 16.6 Å². The number of anilines is 1. The Morgan fingerprint density at radius 1 is 1.65 bits per heavy atom. The molecule has 2 heterocycles. The van der Waals surface area contributed by atoms with Crippen molar-refractivity contribution in [2.75, 3.05) is 11.1 Å². The number of carbonyl (C=O) groups excluding carboxylic acids is 1. The lowest BCUT2D eigenvalue weighted by Crippen LogP contribution is -2.14. The van der Waals surface area contributed by atoms with E-state index in [9.17, 15) is 10.1 Å². The van der Waals surface area contributed by atoms with E-state index in [0.29, 0.717) is 16.5 Å². The molecule has 0 fully saturated rings. The molecule has 0 bridgehead atoms. The van der Waals surface area contributed by atoms with Crippen LogP contribution in [0.3, 0.4) is 0 Å². The zero-order chi connectivity index (χ0) is 16.4. The fourth-order valence-corrected chi connectivity index (χ4v) is 4.85. The number of rotatable bonds is 4. The molecular weight excluding hydrogens is 328 g/mol. The van der Waals surface area contributed by atoms with Crippen LogP contribution in [0.5, 0.6) is 0 Å². The number of amides is 1. The van der Waals surface area contributed by atoms with Crippen molar-refractivity contribution in [3.8, 4) is 6.07 Å². The van der Waals surface area contributed by atoms with Gasteiger partial charge in [0.2, 0.25) is 5.91 Å². The Kier molecular flexibility index (Phi) is 4.74. The summed E-state index contributed by atoms with van der Waals surface area (Å²) in [6.45, 7) is 2.23. The summed E-state index contributed by atoms with van der Waals surface area (Å²) in [6, 6.07) is 2.28. The standard InChI is InChI=1S/C16H18N4OS2/c1-10-3-4-11-12(8-17)15(23-13(11)7-10)19-14(21)9-22-16-18-5-6-20(16)2/h5-6,10H,3-4,7,9H2,1-2H3,(H,19,21)/t10-/m0/s1. The minimum Gasteiger partial charge on any atom is -0.329 e. The van der Waals surface area contributed by atoms with Crippen molar-refractivity contribution in [3.05, 3.63) is 28.4 Å². The van der Waals surface area contributed by atoms with Crippen LogP contribution in [0.1, 0.15) is 29.3 Å². The first-order chi connectivity index (χ1) is 11.1. The summed E-state index contributed by atoms with van der Waals surface area (Å²) >= 11 is 2.95. The molecule has 0 spiro atoms. The predicted molar refractivity (Wildman–Crippen MR) is 92.8 cm³/mol. The summed E-state index contributed by atoms with van der Waals surface area (Å²) in [7, 11) is 1.90. The Hall–Kier alpha value is -1.78. The maximum atomic E-state index is 12.2. The lowest BCUT2D eigenvalue weighted by atomic mass is 9.89. The number of carbonyl (C=O) groups is 1. The van der Waals surface area contributed by atoms with Crippen molar-refractivity contribution in [2.45, 2.75) is 31.3 Å². The Labute approximate surface area is 143 Å². The van der Waals surface area contributed by atoms with Crippen molar-refractivity contribution in [3.63, 3.8) is 0 Å². The number of nitriles is 1. The number of thioether (sulfide) groups is 1. The molecule has 1 aliphatic carbocycles. The third kappa shape index (κ3) is 3.43. The molecule has 0 aromatic carbocycles. The van der Waals surface area contributed by atoms with E-state index in [1.807, 2.05) is 17.8 Å². The smallest absolute Gasteiger partial charge is 0.235 e. The molecule has 3 rings (SSSR count). The molecule has 0 saturated heterocycles. The molecular formula is C16H18N4OS2. The van der Waals surface area contributed by atoms with Gasteiger partial charge >= 0.3 is 0 Å². The van der Waals surface area contributed by atoms with Gasteiger partial charge in [-0.25, -0.2) is 4.98 Å². The van der Waals surface area contributed by atoms with Gasteiger partial charge in [0, 0.05) is 24.3 Å². The van der Waals surface area contributed by atoms with E-state index in [4.69, 9.17) is 0 Å². The Morgan fingerprint density at radius 2 is 2.48 bits per heavy atom. The van der Waals surface area contributed by atoms with Crippen LogP contribution >= 0.6 is 23.1 Å². The Morgan fingerprint density at radius 3 is 3.17 bits per heavy atom. The van der Waals surface area contributed by atoms with Crippen LogP contribution in [0.25, 0.3) is 0 Å². The van der Waals surface area contributed by atoms with Crippen molar-refractivity contribution in [1.29, 1.82) is 5.26 Å². The molecule has 2 aromatic rings. The monoisotopic (exact) mass is 346 g/mol. The minimum atomic E-state index is -0.0962. The predicted octanol–water partition coefficient (Wildman–Crippen LogP) is 3.21. The molecule has 0 unspecified atom stereocenters. The summed E-state index contributed by atoms with van der Waals surface area (Å²) in [6.07, 6.45) is 6.62. The number of imidazole rings is 1. The van der Waals surface area contributed by atoms with Crippen LogP contribution in [0, 0.1) is 17.2 Å². The van der Waals surface area contributed by atoms with Gasteiger partial charge in [0.1, 0.15) is 11.1 Å². The molecule has 1 amide bonds. The number of hydrogen-bond donors (Lipinski definition) is 1. The average Bonchev–Trinajstić information content (AvgIpc) is 3.07. The van der Waals surface area contributed by atoms with Gasteiger partial charge in [0.25, 0.3) is 0 Å². The number of nitrogens with one attached hydrogen (secondary N) is 1. The molecule has 1 N–H and O–H groups in total. The van der Waals surface area contributed by atoms with E-state index in [0.717, 1.165) is 30.0 Å². The Bertz CT molecular complexity index is 772. The largest absolute Gasteiger partial charge is 0.329 e. The highest BCUT2D eigenvalue weighted by Gasteiger charge is 2.24. The Balaban J connectivity index is 1.69. The fraction of sp³-hybridized carbons (Fsp3) is 0.438. The van der Waals surface area contributed by atoms with Crippen LogP contribution in [0.4, 0.5) is 5.00 Å². The van der Waals surface area contributed by atoms with Crippen LogP contribution in [-0.2, 0) is 24.7 Å². The topological polar surface area (TPSA) is 70.7 Å². The van der Waals surface area contributed by atoms with E-state index >= 15 is 0 Å². The van der Waals surface area contributed by atoms with Gasteiger partial charge in [-0.1, -0.05) is 18.7 Å². The van der Waals surface area contributed by atoms with Gasteiger partial charge in [-0.05, 0) is 30.7 Å². The van der Waals surface area contributed by atoms with Crippen molar-refractivity contribution >= 4 is 34.0 Å². The second kappa shape index (κ2) is 6.77. The zero-order valence-corrected chi connectivity index (χ0v) is 14.8. The highest BCUT2D eigenvalue weighted by molar-refractivity contribution is 7.99. The SMILES string of the molecule is C[C@H]1CCc2c(sc(NC(=O)CSc3nccn3C)c2C#N)C1. The van der Waals surface area contributed by atoms with Gasteiger partial charge < -0.3 is 9.88 Å². The molecule has 2 aromatic heterocycles. The number of nitrogens with zero attached hydrogens (tertiary/aromatic N) is 3. The summed E-state index contributed by atoms with van der Waals surface area (Å²) in [5.41, 5.74) is 1.80. The molecule has 1 aliphatic rings. The summed E-state index contributed by atoms with van der Waals surface area (Å²) in [5, 5.41) is 13.9. The van der Waals surface area contributed by atoms with E-state index in [-0.39, 0.29) is 11.7 Å². The third-order valence-corrected chi connectivity index (χ3v) is 6.21. The highest BCUT2D eigenvalue weighted by Crippen LogP contribution is 2.39. The maximum Gasteiger partial charge on any atom is 0.235 e. The van der Waals surface area contributed by atoms with Crippen molar-refractivity contribution < 1.29 is 4.79 Å². The lowest BCUT2D eigenvalue weighted by molar-refractivity contribution is -0.113. The van der Waals surface area contributed by atoms with E-state index in [2.05, 4.69) is 23.3 Å². The second-order valence-corrected chi connectivity index (χ2v) is 7.87. The number of thiophene rings is 1. The molecule has 5 nitrogen and oxygen atoms in total. The van der Waals surface area contributed by atoms with Gasteiger partial charge in [-0.15, -0.1) is 11.3 Å². The van der Waals surface area contributed by atoms with Gasteiger partial charge in [-0.3, -0.25) is 4.79 Å². The minimum absolute atomic E-state index is 0.0962. The first-order valence-electron chi connectivity index (χ1n) is 7.53. The molecule has 0 radical (unpaired) electrons. The number of aryl methyl sites for hydroxylation is 1. The maximum absolute atomic E-state index is 12.2. The normalized spacial score (nSPS) is 16.7. The number of fused-ring (bicyclic) bond motifs is 1. The summed E-state index contributed by atoms with van der Waals surface area (Å²) < 4.78 is 1.88. The fourth-order valence-electron chi connectivity index (χ4n) is 2.74. The molecule has 0 aliphatic heterocycles. The molecule has 120 valence electrons. The number of hydrogen-bond acceptors (Lipinski definition) is 5. The van der Waals surface area contributed by atoms with Crippen molar-refractivity contribution in [2.24, 2.45) is 13.0 Å². The number of aromatic nitrogens is 2. The van der Waals surface area contributed by atoms with Crippen LogP contribution in [0.2, 0.25) is 0 Å². The van der Waals surface area contributed by atoms with Crippen molar-refractivity contribution in [1.82, 2.24) is 9.55 Å². The molecule has 0 saturated carbocycles. The van der Waals surface area contributed by atoms with Gasteiger partial charge in [0.05, 0.1) is 11.3 Å². The van der Waals surface area contributed by atoms with Crippen LogP contribution < -0.4 is 5.32 Å². The van der Waals surface area contributed by atoms with Gasteiger partial charge in [-0.2, -0.15) is 5.26 Å². The summed E-state index contributed by atoms with van der Waals surface area (Å²) in [5.74, 6) is 0.839. The lowest BCUT2D eigenvalue weighted by Gasteiger charge is -2.17. The highest BCUT2D eigenvalue weighted by atomic mass is 32.2. The quantitative estimate of drug-likeness (QED) is 0.863. The summed E-state index contributed by atoms with van der Waals surface area (Å²) in [4.78, 5) is 17.6. The first kappa shape index (κ1) is 16.1. The average molecular weight is 346 g/mol. The second-order valence-electron chi connectivity index (χ2n) is 5.83. The first-order valence-corrected chi connectivity index (χ1v) is 9.33. The third-order valence-electron chi connectivity index (χ3n) is 3.99. The van der Waals surface area contributed by atoms with E-state index < -0.39 is 0 Å². The molecule has 23 heavy (non-hydrogen) atoms. The molecule has 7 heteroatoms. The van der Waals surface area contributed by atoms with E-state index in [1.54, 1.807) is 17.5 Å².